The van der Waals surface area contributed by atoms with Crippen molar-refractivity contribution in [2.45, 2.75) is 39.7 Å². The molecule has 1 aliphatic rings. The maximum atomic E-state index is 12.1. The molecular formula is C17H26N2O3. The lowest BCUT2D eigenvalue weighted by atomic mass is 10.0. The van der Waals surface area contributed by atoms with Crippen LogP contribution < -0.4 is 15.4 Å². The van der Waals surface area contributed by atoms with Gasteiger partial charge in [-0.3, -0.25) is 4.79 Å². The molecule has 0 radical (unpaired) electrons. The van der Waals surface area contributed by atoms with Crippen molar-refractivity contribution in [1.29, 1.82) is 0 Å². The number of nitrogens with zero attached hydrogens (tertiary/aromatic N) is 1. The highest BCUT2D eigenvalue weighted by molar-refractivity contribution is 5.82. The molecule has 2 rings (SSSR count). The van der Waals surface area contributed by atoms with Gasteiger partial charge in [-0.05, 0) is 38.3 Å². The van der Waals surface area contributed by atoms with E-state index in [2.05, 4.69) is 13.8 Å². The highest BCUT2D eigenvalue weighted by atomic mass is 16.5. The van der Waals surface area contributed by atoms with E-state index in [1.54, 1.807) is 0 Å². The van der Waals surface area contributed by atoms with Gasteiger partial charge in [-0.25, -0.2) is 0 Å². The second-order valence-corrected chi connectivity index (χ2v) is 6.81. The number of rotatable bonds is 5. The van der Waals surface area contributed by atoms with E-state index in [1.165, 1.54) is 0 Å². The molecule has 0 saturated heterocycles. The molecule has 0 amide bonds. The summed E-state index contributed by atoms with van der Waals surface area (Å²) in [4.78, 5) is 14.0. The number of benzene rings is 1. The molecule has 1 aromatic carbocycles. The Kier molecular flexibility index (Phi) is 4.84. The average molecular weight is 306 g/mol. The van der Waals surface area contributed by atoms with E-state index in [9.17, 15) is 4.79 Å². The number of ether oxygens (including phenoxy) is 2. The Morgan fingerprint density at radius 3 is 2.86 bits per heavy atom. The zero-order valence-corrected chi connectivity index (χ0v) is 13.9. The third-order valence-corrected chi connectivity index (χ3v) is 3.58. The zero-order chi connectivity index (χ0) is 16.3. The number of nitrogens with two attached hydrogens (primary N) is 1. The Labute approximate surface area is 132 Å². The van der Waals surface area contributed by atoms with Crippen LogP contribution >= 0.6 is 0 Å². The van der Waals surface area contributed by atoms with Crippen molar-refractivity contribution in [1.82, 2.24) is 0 Å². The van der Waals surface area contributed by atoms with Crippen LogP contribution in [-0.4, -0.2) is 31.3 Å². The summed E-state index contributed by atoms with van der Waals surface area (Å²) in [6, 6.07) is 5.55. The molecule has 22 heavy (non-hydrogen) atoms. The summed E-state index contributed by atoms with van der Waals surface area (Å²) in [6.07, 6.45) is 0.874. The molecule has 0 unspecified atom stereocenters. The molecule has 5 heteroatoms. The zero-order valence-electron chi connectivity index (χ0n) is 13.9. The molecular weight excluding hydrogens is 280 g/mol. The van der Waals surface area contributed by atoms with Crippen LogP contribution in [-0.2, 0) is 9.53 Å². The molecule has 1 aliphatic heterocycles. The van der Waals surface area contributed by atoms with Gasteiger partial charge in [0, 0.05) is 0 Å². The Balaban J connectivity index is 2.09. The maximum absolute atomic E-state index is 12.1. The molecule has 122 valence electrons. The Bertz CT molecular complexity index is 541. The standard InChI is InChI=1S/C17H26N2O3/c1-12(2)8-9-21-15(20)10-19-11-17(3,4)22-14-7-5-6-13(18)16(14)19/h5-7,12H,8-11,18H2,1-4H3. The van der Waals surface area contributed by atoms with E-state index < -0.39 is 0 Å². The minimum atomic E-state index is -0.376. The van der Waals surface area contributed by atoms with Gasteiger partial charge in [-0.1, -0.05) is 19.9 Å². The number of hydrogen-bond donors (Lipinski definition) is 1. The van der Waals surface area contributed by atoms with Crippen LogP contribution in [0.5, 0.6) is 5.75 Å². The summed E-state index contributed by atoms with van der Waals surface area (Å²) < 4.78 is 11.3. The minimum Gasteiger partial charge on any atom is -0.484 e. The summed E-state index contributed by atoms with van der Waals surface area (Å²) in [6.45, 7) is 9.44. The monoisotopic (exact) mass is 306 g/mol. The van der Waals surface area contributed by atoms with Gasteiger partial charge < -0.3 is 20.1 Å². The van der Waals surface area contributed by atoms with Crippen LogP contribution in [0, 0.1) is 5.92 Å². The number of esters is 1. The molecule has 0 spiro atoms. The number of fused-ring (bicyclic) bond motifs is 1. The van der Waals surface area contributed by atoms with Crippen molar-refractivity contribution in [3.63, 3.8) is 0 Å². The Morgan fingerprint density at radius 1 is 1.45 bits per heavy atom. The molecule has 0 fully saturated rings. The van der Waals surface area contributed by atoms with Crippen LogP contribution in [0.2, 0.25) is 0 Å². The summed E-state index contributed by atoms with van der Waals surface area (Å²) in [5.41, 5.74) is 7.08. The summed E-state index contributed by atoms with van der Waals surface area (Å²) in [5.74, 6) is 1.00. The van der Waals surface area contributed by atoms with Crippen LogP contribution in [0.4, 0.5) is 11.4 Å². The van der Waals surface area contributed by atoms with E-state index in [0.717, 1.165) is 12.1 Å². The van der Waals surface area contributed by atoms with E-state index in [1.807, 2.05) is 36.9 Å². The topological polar surface area (TPSA) is 64.8 Å². The van der Waals surface area contributed by atoms with Gasteiger partial charge in [0.2, 0.25) is 0 Å². The summed E-state index contributed by atoms with van der Waals surface area (Å²) in [5, 5.41) is 0. The van der Waals surface area contributed by atoms with Crippen LogP contribution in [0.3, 0.4) is 0 Å². The first-order chi connectivity index (χ1) is 10.3. The second-order valence-electron chi connectivity index (χ2n) is 6.81. The summed E-state index contributed by atoms with van der Waals surface area (Å²) in [7, 11) is 0. The van der Waals surface area contributed by atoms with Crippen LogP contribution in [0.15, 0.2) is 18.2 Å². The largest absolute Gasteiger partial charge is 0.484 e. The van der Waals surface area contributed by atoms with Crippen LogP contribution in [0.25, 0.3) is 0 Å². The highest BCUT2D eigenvalue weighted by Gasteiger charge is 2.34. The lowest BCUT2D eigenvalue weighted by molar-refractivity contribution is -0.142. The van der Waals surface area contributed by atoms with Crippen LogP contribution in [0.1, 0.15) is 34.1 Å². The van der Waals surface area contributed by atoms with Crippen molar-refractivity contribution in [3.05, 3.63) is 18.2 Å². The Morgan fingerprint density at radius 2 is 2.18 bits per heavy atom. The fourth-order valence-corrected chi connectivity index (χ4v) is 2.57. The summed E-state index contributed by atoms with van der Waals surface area (Å²) >= 11 is 0. The van der Waals surface area contributed by atoms with E-state index in [-0.39, 0.29) is 18.1 Å². The number of para-hydroxylation sites is 1. The van der Waals surface area contributed by atoms with Gasteiger partial charge in [0.1, 0.15) is 23.6 Å². The molecule has 0 aliphatic carbocycles. The van der Waals surface area contributed by atoms with E-state index in [4.69, 9.17) is 15.2 Å². The van der Waals surface area contributed by atoms with Crippen molar-refractivity contribution in [2.75, 3.05) is 30.3 Å². The lowest BCUT2D eigenvalue weighted by Gasteiger charge is -2.40. The van der Waals surface area contributed by atoms with Gasteiger partial charge in [0.25, 0.3) is 0 Å². The highest BCUT2D eigenvalue weighted by Crippen LogP contribution is 2.40. The molecule has 5 nitrogen and oxygen atoms in total. The van der Waals surface area contributed by atoms with Crippen molar-refractivity contribution in [2.24, 2.45) is 5.92 Å². The third kappa shape index (κ3) is 4.06. The van der Waals surface area contributed by atoms with Crippen molar-refractivity contribution in [3.8, 4) is 5.75 Å². The number of nitrogen functional groups attached to an aromatic ring is 1. The van der Waals surface area contributed by atoms with Gasteiger partial charge in [-0.2, -0.15) is 0 Å². The maximum Gasteiger partial charge on any atom is 0.325 e. The first-order valence-corrected chi connectivity index (χ1v) is 7.76. The van der Waals surface area contributed by atoms with Gasteiger partial charge in [-0.15, -0.1) is 0 Å². The smallest absolute Gasteiger partial charge is 0.325 e. The predicted octanol–water partition coefficient (Wildman–Crippen LogP) is 2.84. The average Bonchev–Trinajstić information content (AvgIpc) is 2.36. The molecule has 2 N–H and O–H groups in total. The molecule has 0 atom stereocenters. The van der Waals surface area contributed by atoms with Gasteiger partial charge >= 0.3 is 5.97 Å². The molecule has 1 heterocycles. The molecule has 0 saturated carbocycles. The normalized spacial score (nSPS) is 16.1. The third-order valence-electron chi connectivity index (χ3n) is 3.58. The predicted molar refractivity (Wildman–Crippen MR) is 88.2 cm³/mol. The van der Waals surface area contributed by atoms with Gasteiger partial charge in [0.15, 0.2) is 0 Å². The molecule has 1 aromatic rings. The first kappa shape index (κ1) is 16.5. The Hall–Kier alpha value is -1.91. The SMILES string of the molecule is CC(C)CCOC(=O)CN1CC(C)(C)Oc2cccc(N)c21. The first-order valence-electron chi connectivity index (χ1n) is 7.76. The molecule has 0 bridgehead atoms. The fourth-order valence-electron chi connectivity index (χ4n) is 2.57. The quantitative estimate of drug-likeness (QED) is 0.669. The number of hydrogen-bond acceptors (Lipinski definition) is 5. The minimum absolute atomic E-state index is 0.187. The van der Waals surface area contributed by atoms with Crippen molar-refractivity contribution < 1.29 is 14.3 Å². The van der Waals surface area contributed by atoms with E-state index >= 15 is 0 Å². The van der Waals surface area contributed by atoms with Gasteiger partial charge in [0.05, 0.1) is 18.8 Å². The number of anilines is 2. The molecule has 0 aromatic heterocycles. The van der Waals surface area contributed by atoms with Crippen molar-refractivity contribution >= 4 is 17.3 Å². The fraction of sp³-hybridized carbons (Fsp3) is 0.588. The number of carbonyl (C=O) groups is 1. The lowest BCUT2D eigenvalue weighted by Crippen LogP contribution is -2.49. The van der Waals surface area contributed by atoms with E-state index in [0.29, 0.717) is 30.5 Å². The second kappa shape index (κ2) is 6.46. The number of carbonyl (C=O) groups excluding carboxylic acids is 1.